The Kier molecular flexibility index (Phi) is 4.68. The number of nitriles is 1. The number of hydrogen-bond acceptors (Lipinski definition) is 4. The minimum Gasteiger partial charge on any atom is -0.497 e. The van der Waals surface area contributed by atoms with Gasteiger partial charge in [0.05, 0.1) is 25.9 Å². The zero-order chi connectivity index (χ0) is 15.2. The lowest BCUT2D eigenvalue weighted by Crippen LogP contribution is -2.16. The van der Waals surface area contributed by atoms with Crippen molar-refractivity contribution >= 4 is 5.69 Å². The van der Waals surface area contributed by atoms with Crippen LogP contribution in [0.25, 0.3) is 0 Å². The molecule has 2 aromatic carbocycles. The maximum atomic E-state index is 9.02. The SMILES string of the molecule is COc1ccc(N(C)Cc2cc(C#N)ccc2OC)cc1. The Bertz CT molecular complexity index is 645. The first-order valence-corrected chi connectivity index (χ1v) is 6.60. The Hall–Kier alpha value is -2.67. The van der Waals surface area contributed by atoms with Gasteiger partial charge >= 0.3 is 0 Å². The van der Waals surface area contributed by atoms with Gasteiger partial charge in [-0.05, 0) is 42.5 Å². The first kappa shape index (κ1) is 14.7. The van der Waals surface area contributed by atoms with Gasteiger partial charge in [-0.3, -0.25) is 0 Å². The second-order valence-corrected chi connectivity index (χ2v) is 4.69. The third kappa shape index (κ3) is 3.46. The summed E-state index contributed by atoms with van der Waals surface area (Å²) in [5, 5.41) is 9.02. The van der Waals surface area contributed by atoms with Gasteiger partial charge in [0, 0.05) is 24.8 Å². The summed E-state index contributed by atoms with van der Waals surface area (Å²) < 4.78 is 10.5. The molecule has 0 aliphatic rings. The van der Waals surface area contributed by atoms with Crippen molar-refractivity contribution in [3.63, 3.8) is 0 Å². The van der Waals surface area contributed by atoms with Crippen molar-refractivity contribution in [1.82, 2.24) is 0 Å². The quantitative estimate of drug-likeness (QED) is 0.844. The minimum absolute atomic E-state index is 0.633. The lowest BCUT2D eigenvalue weighted by atomic mass is 10.1. The second kappa shape index (κ2) is 6.67. The van der Waals surface area contributed by atoms with Gasteiger partial charge < -0.3 is 14.4 Å². The fourth-order valence-electron chi connectivity index (χ4n) is 2.16. The highest BCUT2D eigenvalue weighted by Crippen LogP contribution is 2.24. The Morgan fingerprint density at radius 1 is 1.05 bits per heavy atom. The van der Waals surface area contributed by atoms with E-state index in [0.29, 0.717) is 12.1 Å². The summed E-state index contributed by atoms with van der Waals surface area (Å²) in [4.78, 5) is 2.10. The molecule has 0 fully saturated rings. The van der Waals surface area contributed by atoms with Crippen molar-refractivity contribution in [2.24, 2.45) is 0 Å². The van der Waals surface area contributed by atoms with Crippen LogP contribution < -0.4 is 14.4 Å². The molecule has 21 heavy (non-hydrogen) atoms. The van der Waals surface area contributed by atoms with Gasteiger partial charge in [0.2, 0.25) is 0 Å². The number of methoxy groups -OCH3 is 2. The minimum atomic E-state index is 0.633. The number of benzene rings is 2. The summed E-state index contributed by atoms with van der Waals surface area (Å²) in [7, 11) is 5.29. The van der Waals surface area contributed by atoms with E-state index in [1.807, 2.05) is 43.4 Å². The Labute approximate surface area is 125 Å². The van der Waals surface area contributed by atoms with Crippen LogP contribution in [0.3, 0.4) is 0 Å². The molecule has 0 aliphatic heterocycles. The molecule has 0 amide bonds. The van der Waals surface area contributed by atoms with E-state index in [1.165, 1.54) is 0 Å². The van der Waals surface area contributed by atoms with Crippen molar-refractivity contribution < 1.29 is 9.47 Å². The monoisotopic (exact) mass is 282 g/mol. The van der Waals surface area contributed by atoms with Gasteiger partial charge in [0.25, 0.3) is 0 Å². The molecule has 108 valence electrons. The summed E-state index contributed by atoms with van der Waals surface area (Å²) in [6, 6.07) is 15.5. The molecule has 0 saturated carbocycles. The summed E-state index contributed by atoms with van der Waals surface area (Å²) in [5.41, 5.74) is 2.68. The van der Waals surface area contributed by atoms with E-state index in [4.69, 9.17) is 14.7 Å². The third-order valence-electron chi connectivity index (χ3n) is 3.33. The van der Waals surface area contributed by atoms with E-state index in [2.05, 4.69) is 11.0 Å². The molecule has 2 aromatic rings. The zero-order valence-electron chi connectivity index (χ0n) is 12.5. The number of nitrogens with zero attached hydrogens (tertiary/aromatic N) is 2. The van der Waals surface area contributed by atoms with Crippen LogP contribution in [0.4, 0.5) is 5.69 Å². The number of rotatable bonds is 5. The fourth-order valence-corrected chi connectivity index (χ4v) is 2.16. The first-order chi connectivity index (χ1) is 10.2. The largest absolute Gasteiger partial charge is 0.497 e. The highest BCUT2D eigenvalue weighted by molar-refractivity contribution is 5.51. The molecular weight excluding hydrogens is 264 g/mol. The zero-order valence-corrected chi connectivity index (χ0v) is 12.5. The van der Waals surface area contributed by atoms with E-state index >= 15 is 0 Å². The van der Waals surface area contributed by atoms with Crippen molar-refractivity contribution in [3.8, 4) is 17.6 Å². The molecule has 0 aromatic heterocycles. The van der Waals surface area contributed by atoms with Crippen LogP contribution >= 0.6 is 0 Å². The summed E-state index contributed by atoms with van der Waals surface area (Å²) in [6.07, 6.45) is 0. The average molecular weight is 282 g/mol. The topological polar surface area (TPSA) is 45.5 Å². The van der Waals surface area contributed by atoms with Gasteiger partial charge in [-0.25, -0.2) is 0 Å². The van der Waals surface area contributed by atoms with Crippen molar-refractivity contribution in [1.29, 1.82) is 5.26 Å². The van der Waals surface area contributed by atoms with E-state index in [1.54, 1.807) is 20.3 Å². The maximum Gasteiger partial charge on any atom is 0.123 e. The Morgan fingerprint density at radius 3 is 2.33 bits per heavy atom. The van der Waals surface area contributed by atoms with Gasteiger partial charge in [-0.2, -0.15) is 5.26 Å². The lowest BCUT2D eigenvalue weighted by Gasteiger charge is -2.21. The molecule has 4 heteroatoms. The number of ether oxygens (including phenoxy) is 2. The van der Waals surface area contributed by atoms with Gasteiger partial charge in [0.1, 0.15) is 11.5 Å². The third-order valence-corrected chi connectivity index (χ3v) is 3.33. The molecule has 0 unspecified atom stereocenters. The van der Waals surface area contributed by atoms with Gasteiger partial charge in [-0.1, -0.05) is 0 Å². The normalized spacial score (nSPS) is 9.81. The molecule has 0 saturated heterocycles. The summed E-state index contributed by atoms with van der Waals surface area (Å²) in [5.74, 6) is 1.62. The maximum absolute atomic E-state index is 9.02. The highest BCUT2D eigenvalue weighted by atomic mass is 16.5. The fraction of sp³-hybridized carbons (Fsp3) is 0.235. The van der Waals surface area contributed by atoms with Gasteiger partial charge in [0.15, 0.2) is 0 Å². The van der Waals surface area contributed by atoms with E-state index < -0.39 is 0 Å². The molecule has 0 N–H and O–H groups in total. The summed E-state index contributed by atoms with van der Waals surface area (Å²) >= 11 is 0. The van der Waals surface area contributed by atoms with Crippen LogP contribution in [0.1, 0.15) is 11.1 Å². The van der Waals surface area contributed by atoms with Crippen LogP contribution in [0, 0.1) is 11.3 Å². The van der Waals surface area contributed by atoms with E-state index in [-0.39, 0.29) is 0 Å². The van der Waals surface area contributed by atoms with Crippen LogP contribution in [-0.2, 0) is 6.54 Å². The lowest BCUT2D eigenvalue weighted by molar-refractivity contribution is 0.409. The summed E-state index contributed by atoms with van der Waals surface area (Å²) in [6.45, 7) is 0.658. The van der Waals surface area contributed by atoms with E-state index in [9.17, 15) is 0 Å². The number of anilines is 1. The van der Waals surface area contributed by atoms with Crippen LogP contribution in [0.15, 0.2) is 42.5 Å². The predicted molar refractivity (Wildman–Crippen MR) is 82.8 cm³/mol. The van der Waals surface area contributed by atoms with Crippen molar-refractivity contribution in [3.05, 3.63) is 53.6 Å². The smallest absolute Gasteiger partial charge is 0.123 e. The molecule has 0 bridgehead atoms. The van der Waals surface area contributed by atoms with Crippen LogP contribution in [-0.4, -0.2) is 21.3 Å². The van der Waals surface area contributed by atoms with Crippen LogP contribution in [0.2, 0.25) is 0 Å². The molecule has 0 heterocycles. The molecule has 0 atom stereocenters. The van der Waals surface area contributed by atoms with Crippen molar-refractivity contribution in [2.75, 3.05) is 26.2 Å². The molecule has 0 radical (unpaired) electrons. The highest BCUT2D eigenvalue weighted by Gasteiger charge is 2.08. The number of hydrogen-bond donors (Lipinski definition) is 0. The molecule has 4 nitrogen and oxygen atoms in total. The standard InChI is InChI=1S/C17H18N2O2/c1-19(15-5-7-16(20-2)8-6-15)12-14-10-13(11-18)4-9-17(14)21-3/h4-10H,12H2,1-3H3. The van der Waals surface area contributed by atoms with E-state index in [0.717, 1.165) is 22.7 Å². The van der Waals surface area contributed by atoms with Gasteiger partial charge in [-0.15, -0.1) is 0 Å². The molecule has 0 aliphatic carbocycles. The molecular formula is C17H18N2O2. The predicted octanol–water partition coefficient (Wildman–Crippen LogP) is 3.21. The Morgan fingerprint density at radius 2 is 1.76 bits per heavy atom. The Balaban J connectivity index is 2.21. The second-order valence-electron chi connectivity index (χ2n) is 4.69. The average Bonchev–Trinajstić information content (AvgIpc) is 2.54. The van der Waals surface area contributed by atoms with Crippen molar-refractivity contribution in [2.45, 2.75) is 6.54 Å². The molecule has 0 spiro atoms. The van der Waals surface area contributed by atoms with Crippen LogP contribution in [0.5, 0.6) is 11.5 Å². The molecule has 2 rings (SSSR count). The first-order valence-electron chi connectivity index (χ1n) is 6.60.